The first-order valence-corrected chi connectivity index (χ1v) is 12.2. The van der Waals surface area contributed by atoms with Gasteiger partial charge in [0.2, 0.25) is 0 Å². The number of esters is 2. The first-order chi connectivity index (χ1) is 18.8. The molecule has 1 aromatic heterocycles. The zero-order valence-electron chi connectivity index (χ0n) is 21.8. The Hall–Kier alpha value is -4.99. The zero-order chi connectivity index (χ0) is 27.9. The lowest BCUT2D eigenvalue weighted by molar-refractivity contribution is -0.384. The Kier molecular flexibility index (Phi) is 8.35. The third-order valence-corrected chi connectivity index (χ3v) is 6.35. The van der Waals surface area contributed by atoms with Gasteiger partial charge in [0.15, 0.2) is 0 Å². The molecule has 1 aliphatic heterocycles. The first-order valence-electron chi connectivity index (χ1n) is 12.2. The van der Waals surface area contributed by atoms with E-state index in [1.54, 1.807) is 32.3 Å². The highest BCUT2D eigenvalue weighted by atomic mass is 16.6. The average molecular weight is 529 g/mol. The van der Waals surface area contributed by atoms with E-state index in [2.05, 4.69) is 15.3 Å². The molecule has 200 valence electrons. The summed E-state index contributed by atoms with van der Waals surface area (Å²) in [5.74, 6) is -1.16. The molecule has 2 aromatic carbocycles. The van der Waals surface area contributed by atoms with Crippen molar-refractivity contribution in [3.05, 3.63) is 122 Å². The van der Waals surface area contributed by atoms with Crippen molar-refractivity contribution in [1.29, 1.82) is 0 Å². The van der Waals surface area contributed by atoms with Gasteiger partial charge in [-0.05, 0) is 36.6 Å². The number of rotatable bonds is 9. The smallest absolute Gasteiger partial charge is 0.337 e. The van der Waals surface area contributed by atoms with Crippen LogP contribution in [-0.2, 0) is 25.5 Å². The van der Waals surface area contributed by atoms with E-state index >= 15 is 0 Å². The van der Waals surface area contributed by atoms with Crippen molar-refractivity contribution in [1.82, 2.24) is 15.3 Å². The number of hydrogen-bond donors (Lipinski definition) is 2. The summed E-state index contributed by atoms with van der Waals surface area (Å²) in [5.41, 5.74) is 3.98. The molecular formula is C29H28N4O6. The van der Waals surface area contributed by atoms with E-state index in [1.807, 2.05) is 30.3 Å². The number of non-ortho nitro benzene ring substituents is 1. The van der Waals surface area contributed by atoms with E-state index in [-0.39, 0.29) is 23.4 Å². The fourth-order valence-electron chi connectivity index (χ4n) is 4.49. The van der Waals surface area contributed by atoms with Gasteiger partial charge in [-0.15, -0.1) is 0 Å². The van der Waals surface area contributed by atoms with E-state index in [9.17, 15) is 19.7 Å². The van der Waals surface area contributed by atoms with Crippen molar-refractivity contribution in [2.45, 2.75) is 26.2 Å². The Morgan fingerprint density at radius 1 is 1.03 bits per heavy atom. The second-order valence-corrected chi connectivity index (χ2v) is 8.93. The summed E-state index contributed by atoms with van der Waals surface area (Å²) in [6.45, 7) is 3.43. The number of aromatic nitrogens is 2. The summed E-state index contributed by atoms with van der Waals surface area (Å²) >= 11 is 0. The van der Waals surface area contributed by atoms with Crippen molar-refractivity contribution in [3.63, 3.8) is 0 Å². The van der Waals surface area contributed by atoms with Gasteiger partial charge in [0.1, 0.15) is 12.4 Å². The van der Waals surface area contributed by atoms with E-state index in [0.29, 0.717) is 23.4 Å². The number of imidazole rings is 1. The number of carbonyl (C=O) groups is 2. The third kappa shape index (κ3) is 6.30. The van der Waals surface area contributed by atoms with Crippen LogP contribution in [0.25, 0.3) is 6.08 Å². The third-order valence-electron chi connectivity index (χ3n) is 6.35. The molecule has 0 bridgehead atoms. The van der Waals surface area contributed by atoms with Crippen LogP contribution in [0.15, 0.2) is 89.5 Å². The van der Waals surface area contributed by atoms with E-state index in [1.165, 1.54) is 31.4 Å². The van der Waals surface area contributed by atoms with Crippen LogP contribution < -0.4 is 5.32 Å². The zero-order valence-corrected chi connectivity index (χ0v) is 21.8. The molecule has 0 aliphatic carbocycles. The van der Waals surface area contributed by atoms with Crippen molar-refractivity contribution >= 4 is 23.7 Å². The Bertz CT molecular complexity index is 1450. The summed E-state index contributed by atoms with van der Waals surface area (Å²) in [6.07, 6.45) is 7.79. The predicted octanol–water partition coefficient (Wildman–Crippen LogP) is 4.57. The van der Waals surface area contributed by atoms with Gasteiger partial charge >= 0.3 is 11.9 Å². The minimum Gasteiger partial charge on any atom is -0.466 e. The van der Waals surface area contributed by atoms with Gasteiger partial charge in [0, 0.05) is 42.3 Å². The number of dihydropyridines is 1. The summed E-state index contributed by atoms with van der Waals surface area (Å²) in [7, 11) is 1.26. The van der Waals surface area contributed by atoms with Crippen molar-refractivity contribution < 1.29 is 24.0 Å². The molecule has 0 saturated carbocycles. The number of nitro benzene ring substituents is 1. The monoisotopic (exact) mass is 528 g/mol. The highest BCUT2D eigenvalue weighted by Crippen LogP contribution is 2.39. The van der Waals surface area contributed by atoms with Crippen molar-refractivity contribution in [2.75, 3.05) is 13.7 Å². The summed E-state index contributed by atoms with van der Waals surface area (Å²) in [6, 6.07) is 13.7. The highest BCUT2D eigenvalue weighted by Gasteiger charge is 2.37. The number of methoxy groups -OCH3 is 1. The van der Waals surface area contributed by atoms with E-state index < -0.39 is 22.8 Å². The lowest BCUT2D eigenvalue weighted by Crippen LogP contribution is -2.32. The van der Waals surface area contributed by atoms with Crippen LogP contribution in [0.5, 0.6) is 0 Å². The van der Waals surface area contributed by atoms with Crippen molar-refractivity contribution in [3.8, 4) is 0 Å². The molecule has 0 radical (unpaired) electrons. The molecule has 1 atom stereocenters. The van der Waals surface area contributed by atoms with Gasteiger partial charge in [0.25, 0.3) is 5.69 Å². The fraction of sp³-hybridized carbons (Fsp3) is 0.207. The lowest BCUT2D eigenvalue weighted by Gasteiger charge is -2.30. The quantitative estimate of drug-likeness (QED) is 0.234. The summed E-state index contributed by atoms with van der Waals surface area (Å²) in [5, 5.41) is 14.2. The van der Waals surface area contributed by atoms with Crippen LogP contribution in [0.1, 0.15) is 42.3 Å². The Morgan fingerprint density at radius 3 is 2.28 bits per heavy atom. The van der Waals surface area contributed by atoms with Gasteiger partial charge < -0.3 is 19.8 Å². The second-order valence-electron chi connectivity index (χ2n) is 8.93. The SMILES string of the molecule is COC(=O)C1=C(C)NC(C)=C(C(=O)OCC=Cc2ccc(Cc3ncc[nH]3)cc2)C1c1ccc([N+](=O)[O-])cc1. The molecule has 3 aromatic rings. The normalized spacial score (nSPS) is 15.3. The maximum Gasteiger partial charge on any atom is 0.337 e. The molecule has 2 N–H and O–H groups in total. The predicted molar refractivity (Wildman–Crippen MR) is 144 cm³/mol. The van der Waals surface area contributed by atoms with Gasteiger partial charge in [-0.3, -0.25) is 10.1 Å². The number of aromatic amines is 1. The number of ether oxygens (including phenoxy) is 2. The van der Waals surface area contributed by atoms with E-state index in [4.69, 9.17) is 9.47 Å². The number of carbonyl (C=O) groups excluding carboxylic acids is 2. The van der Waals surface area contributed by atoms with Crippen LogP contribution >= 0.6 is 0 Å². The van der Waals surface area contributed by atoms with Crippen LogP contribution in [-0.4, -0.2) is 40.5 Å². The van der Waals surface area contributed by atoms with Crippen LogP contribution in [0.3, 0.4) is 0 Å². The number of nitrogens with zero attached hydrogens (tertiary/aromatic N) is 2. The number of benzene rings is 2. The lowest BCUT2D eigenvalue weighted by atomic mass is 9.80. The topological polar surface area (TPSA) is 136 Å². The molecule has 10 nitrogen and oxygen atoms in total. The standard InChI is InChI=1S/C29H28N4O6/c1-18-25(28(34)38-3)27(22-10-12-23(13-11-22)33(36)37)26(19(2)32-18)29(35)39-16-4-5-20-6-8-21(9-7-20)17-24-30-14-15-31-24/h4-15,27,32H,16-17H2,1-3H3,(H,30,31). The number of nitrogens with one attached hydrogen (secondary N) is 2. The molecule has 0 amide bonds. The molecule has 10 heteroatoms. The summed E-state index contributed by atoms with van der Waals surface area (Å²) in [4.78, 5) is 43.9. The maximum atomic E-state index is 13.3. The van der Waals surface area contributed by atoms with Crippen LogP contribution in [0, 0.1) is 10.1 Å². The minimum atomic E-state index is -0.822. The van der Waals surface area contributed by atoms with Gasteiger partial charge in [-0.2, -0.15) is 0 Å². The molecule has 2 heterocycles. The fourth-order valence-corrected chi connectivity index (χ4v) is 4.49. The highest BCUT2D eigenvalue weighted by molar-refractivity contribution is 5.99. The van der Waals surface area contributed by atoms with Crippen LogP contribution in [0.4, 0.5) is 5.69 Å². The van der Waals surface area contributed by atoms with Gasteiger partial charge in [-0.1, -0.05) is 42.5 Å². The largest absolute Gasteiger partial charge is 0.466 e. The molecule has 1 unspecified atom stereocenters. The number of nitro groups is 1. The molecular weight excluding hydrogens is 500 g/mol. The molecule has 4 rings (SSSR count). The number of hydrogen-bond acceptors (Lipinski definition) is 8. The van der Waals surface area contributed by atoms with E-state index in [0.717, 1.165) is 17.0 Å². The first kappa shape index (κ1) is 27.1. The minimum absolute atomic E-state index is 0.00694. The Balaban J connectivity index is 1.49. The average Bonchev–Trinajstić information content (AvgIpc) is 3.44. The summed E-state index contributed by atoms with van der Waals surface area (Å²) < 4.78 is 10.5. The number of allylic oxidation sites excluding steroid dienone is 2. The maximum absolute atomic E-state index is 13.3. The van der Waals surface area contributed by atoms with Crippen molar-refractivity contribution in [2.24, 2.45) is 0 Å². The molecule has 0 fully saturated rings. The second kappa shape index (κ2) is 12.0. The van der Waals surface area contributed by atoms with Gasteiger partial charge in [-0.25, -0.2) is 14.6 Å². The number of H-pyrrole nitrogens is 1. The van der Waals surface area contributed by atoms with Gasteiger partial charge in [0.05, 0.1) is 29.1 Å². The molecule has 0 saturated heterocycles. The Labute approximate surface area is 225 Å². The molecule has 0 spiro atoms. The van der Waals surface area contributed by atoms with Crippen LogP contribution in [0.2, 0.25) is 0 Å². The molecule has 1 aliphatic rings. The molecule has 39 heavy (non-hydrogen) atoms. The Morgan fingerprint density at radius 2 is 1.69 bits per heavy atom.